The van der Waals surface area contributed by atoms with Crippen molar-refractivity contribution in [2.45, 2.75) is 23.8 Å². The van der Waals surface area contributed by atoms with Gasteiger partial charge in [-0.3, -0.25) is 0 Å². The van der Waals surface area contributed by atoms with E-state index >= 15 is 0 Å². The van der Waals surface area contributed by atoms with Crippen LogP contribution in [0.4, 0.5) is 5.82 Å². The van der Waals surface area contributed by atoms with E-state index in [1.165, 1.54) is 11.8 Å². The average molecular weight is 199 g/mol. The van der Waals surface area contributed by atoms with Gasteiger partial charge in [0.05, 0.1) is 0 Å². The molecule has 0 saturated carbocycles. The van der Waals surface area contributed by atoms with Gasteiger partial charge in [-0.2, -0.15) is 0 Å². The molecule has 1 aromatic heterocycles. The Morgan fingerprint density at radius 1 is 1.69 bits per heavy atom. The predicted molar refractivity (Wildman–Crippen MR) is 53.5 cm³/mol. The van der Waals surface area contributed by atoms with Gasteiger partial charge in [0, 0.05) is 18.1 Å². The van der Waals surface area contributed by atoms with Crippen molar-refractivity contribution in [2.75, 3.05) is 12.3 Å². The summed E-state index contributed by atoms with van der Waals surface area (Å²) in [5.74, 6) is 0.480. The number of aliphatic hydroxyl groups is 1. The number of thioether (sulfide) groups is 1. The Kier molecular flexibility index (Phi) is 3.98. The van der Waals surface area contributed by atoms with Crippen molar-refractivity contribution in [2.24, 2.45) is 0 Å². The highest BCUT2D eigenvalue weighted by molar-refractivity contribution is 7.99. The van der Waals surface area contributed by atoms with Crippen LogP contribution in [0.25, 0.3) is 0 Å². The number of aromatic nitrogens is 2. The molecule has 0 aliphatic rings. The first kappa shape index (κ1) is 10.3. The fraction of sp³-hybridized carbons (Fsp3) is 0.500. The number of hydrogen-bond donors (Lipinski definition) is 2. The summed E-state index contributed by atoms with van der Waals surface area (Å²) >= 11 is 1.52. The summed E-state index contributed by atoms with van der Waals surface area (Å²) in [5.41, 5.74) is 5.49. The van der Waals surface area contributed by atoms with Crippen molar-refractivity contribution >= 4 is 17.6 Å². The topological polar surface area (TPSA) is 72.0 Å². The van der Waals surface area contributed by atoms with Crippen LogP contribution in [-0.4, -0.2) is 26.9 Å². The van der Waals surface area contributed by atoms with E-state index in [4.69, 9.17) is 10.8 Å². The first-order valence-corrected chi connectivity index (χ1v) is 4.96. The molecule has 13 heavy (non-hydrogen) atoms. The third kappa shape index (κ3) is 3.61. The lowest BCUT2D eigenvalue weighted by Gasteiger charge is -2.07. The van der Waals surface area contributed by atoms with E-state index in [-0.39, 0.29) is 6.61 Å². The molecule has 1 atom stereocenters. The maximum atomic E-state index is 8.69. The summed E-state index contributed by atoms with van der Waals surface area (Å²) in [7, 11) is 0. The monoisotopic (exact) mass is 199 g/mol. The highest BCUT2D eigenvalue weighted by atomic mass is 32.2. The summed E-state index contributed by atoms with van der Waals surface area (Å²) < 4.78 is 0. The SMILES string of the molecule is CC(CCO)Sc1nccc(N)n1. The fourth-order valence-corrected chi connectivity index (χ4v) is 1.69. The van der Waals surface area contributed by atoms with Crippen LogP contribution in [0, 0.1) is 0 Å². The molecule has 3 N–H and O–H groups in total. The van der Waals surface area contributed by atoms with Crippen LogP contribution in [0.2, 0.25) is 0 Å². The Bertz CT molecular complexity index is 269. The quantitative estimate of drug-likeness (QED) is 0.557. The van der Waals surface area contributed by atoms with E-state index in [0.717, 1.165) is 6.42 Å². The minimum Gasteiger partial charge on any atom is -0.396 e. The minimum atomic E-state index is 0.191. The zero-order chi connectivity index (χ0) is 9.68. The van der Waals surface area contributed by atoms with Crippen molar-refractivity contribution in [3.63, 3.8) is 0 Å². The first-order valence-electron chi connectivity index (χ1n) is 4.08. The van der Waals surface area contributed by atoms with Crippen molar-refractivity contribution < 1.29 is 5.11 Å². The zero-order valence-electron chi connectivity index (χ0n) is 7.47. The van der Waals surface area contributed by atoms with Gasteiger partial charge in [0.25, 0.3) is 0 Å². The molecule has 1 unspecified atom stereocenters. The van der Waals surface area contributed by atoms with Gasteiger partial charge in [-0.05, 0) is 12.5 Å². The van der Waals surface area contributed by atoms with Gasteiger partial charge in [-0.15, -0.1) is 0 Å². The maximum Gasteiger partial charge on any atom is 0.189 e. The predicted octanol–water partition coefficient (Wildman–Crippen LogP) is 0.922. The van der Waals surface area contributed by atoms with Crippen molar-refractivity contribution in [3.8, 4) is 0 Å². The van der Waals surface area contributed by atoms with Crippen LogP contribution >= 0.6 is 11.8 Å². The van der Waals surface area contributed by atoms with Gasteiger partial charge in [0.15, 0.2) is 5.16 Å². The van der Waals surface area contributed by atoms with Crippen molar-refractivity contribution in [1.82, 2.24) is 9.97 Å². The number of nitrogens with zero attached hydrogens (tertiary/aromatic N) is 2. The smallest absolute Gasteiger partial charge is 0.189 e. The molecule has 1 rings (SSSR count). The van der Waals surface area contributed by atoms with E-state index in [1.807, 2.05) is 6.92 Å². The normalized spacial score (nSPS) is 12.8. The molecule has 72 valence electrons. The Balaban J connectivity index is 2.53. The molecule has 0 aromatic carbocycles. The van der Waals surface area contributed by atoms with Crippen LogP contribution in [0.1, 0.15) is 13.3 Å². The molecular weight excluding hydrogens is 186 g/mol. The van der Waals surface area contributed by atoms with E-state index in [1.54, 1.807) is 12.3 Å². The maximum absolute atomic E-state index is 8.69. The highest BCUT2D eigenvalue weighted by Gasteiger charge is 2.05. The molecule has 0 bridgehead atoms. The minimum absolute atomic E-state index is 0.191. The summed E-state index contributed by atoms with van der Waals surface area (Å²) in [6, 6.07) is 1.65. The summed E-state index contributed by atoms with van der Waals surface area (Å²) in [6.45, 7) is 2.21. The van der Waals surface area contributed by atoms with E-state index in [2.05, 4.69) is 9.97 Å². The van der Waals surface area contributed by atoms with Gasteiger partial charge in [0.2, 0.25) is 0 Å². The summed E-state index contributed by atoms with van der Waals surface area (Å²) in [5, 5.41) is 9.67. The molecule has 0 aliphatic carbocycles. The third-order valence-corrected chi connectivity index (χ3v) is 2.54. The molecule has 0 aliphatic heterocycles. The van der Waals surface area contributed by atoms with Gasteiger partial charge in [-0.1, -0.05) is 18.7 Å². The van der Waals surface area contributed by atoms with E-state index in [9.17, 15) is 0 Å². The van der Waals surface area contributed by atoms with Crippen molar-refractivity contribution in [3.05, 3.63) is 12.3 Å². The summed E-state index contributed by atoms with van der Waals surface area (Å²) in [4.78, 5) is 8.10. The molecule has 0 spiro atoms. The standard InChI is InChI=1S/C8H13N3OS/c1-6(3-5-12)13-8-10-4-2-7(9)11-8/h2,4,6,12H,3,5H2,1H3,(H2,9,10,11). The summed E-state index contributed by atoms with van der Waals surface area (Å²) in [6.07, 6.45) is 2.37. The number of aliphatic hydroxyl groups excluding tert-OH is 1. The van der Waals surface area contributed by atoms with E-state index < -0.39 is 0 Å². The van der Waals surface area contributed by atoms with Gasteiger partial charge in [0.1, 0.15) is 5.82 Å². The molecule has 0 amide bonds. The fourth-order valence-electron chi connectivity index (χ4n) is 0.831. The van der Waals surface area contributed by atoms with Crippen LogP contribution in [-0.2, 0) is 0 Å². The molecule has 5 heteroatoms. The van der Waals surface area contributed by atoms with Crippen LogP contribution in [0.15, 0.2) is 17.4 Å². The Hall–Kier alpha value is -0.810. The number of nitrogens with two attached hydrogens (primary N) is 1. The molecule has 0 radical (unpaired) electrons. The lowest BCUT2D eigenvalue weighted by molar-refractivity contribution is 0.289. The van der Waals surface area contributed by atoms with Gasteiger partial charge in [-0.25, -0.2) is 9.97 Å². The first-order chi connectivity index (χ1) is 6.22. The molecule has 1 aromatic rings. The Labute approximate surface area is 81.6 Å². The van der Waals surface area contributed by atoms with Crippen LogP contribution in [0.5, 0.6) is 0 Å². The molecule has 1 heterocycles. The Morgan fingerprint density at radius 2 is 2.46 bits per heavy atom. The number of rotatable bonds is 4. The lowest BCUT2D eigenvalue weighted by atomic mass is 10.3. The van der Waals surface area contributed by atoms with Crippen LogP contribution < -0.4 is 5.73 Å². The average Bonchev–Trinajstić information content (AvgIpc) is 2.04. The lowest BCUT2D eigenvalue weighted by Crippen LogP contribution is -2.01. The molecular formula is C8H13N3OS. The largest absolute Gasteiger partial charge is 0.396 e. The Morgan fingerprint density at radius 3 is 3.08 bits per heavy atom. The molecule has 0 saturated heterocycles. The van der Waals surface area contributed by atoms with Crippen molar-refractivity contribution in [1.29, 1.82) is 0 Å². The number of nitrogen functional groups attached to an aromatic ring is 1. The second kappa shape index (κ2) is 5.04. The zero-order valence-corrected chi connectivity index (χ0v) is 8.29. The van der Waals surface area contributed by atoms with Crippen LogP contribution in [0.3, 0.4) is 0 Å². The molecule has 0 fully saturated rings. The van der Waals surface area contributed by atoms with Gasteiger partial charge >= 0.3 is 0 Å². The van der Waals surface area contributed by atoms with E-state index in [0.29, 0.717) is 16.2 Å². The second-order valence-electron chi connectivity index (χ2n) is 2.70. The highest BCUT2D eigenvalue weighted by Crippen LogP contribution is 2.21. The number of hydrogen-bond acceptors (Lipinski definition) is 5. The molecule has 4 nitrogen and oxygen atoms in total. The van der Waals surface area contributed by atoms with Gasteiger partial charge < -0.3 is 10.8 Å². The third-order valence-electron chi connectivity index (χ3n) is 1.50. The second-order valence-corrected chi connectivity index (χ2v) is 4.11. The number of anilines is 1.